The SMILES string of the molecule is COc1cc(C=CC(=O)N(C(=O)CN)[C@H]([C]=O)Cc2ccccc2)cc(OC)c1OC. The molecule has 0 aromatic heterocycles. The van der Waals surface area contributed by atoms with E-state index in [1.807, 2.05) is 6.07 Å². The maximum absolute atomic E-state index is 12.8. The summed E-state index contributed by atoms with van der Waals surface area (Å²) in [6, 6.07) is 11.2. The number of hydrogen-bond acceptors (Lipinski definition) is 7. The van der Waals surface area contributed by atoms with Crippen molar-refractivity contribution in [2.45, 2.75) is 12.5 Å². The molecule has 1 radical (unpaired) electrons. The van der Waals surface area contributed by atoms with Crippen LogP contribution in [-0.2, 0) is 20.8 Å². The van der Waals surface area contributed by atoms with E-state index in [1.165, 1.54) is 33.5 Å². The Kier molecular flexibility index (Phi) is 8.78. The maximum atomic E-state index is 12.8. The van der Waals surface area contributed by atoms with Gasteiger partial charge in [-0.1, -0.05) is 30.3 Å². The monoisotopic (exact) mass is 425 g/mol. The Morgan fingerprint density at radius 1 is 1.06 bits per heavy atom. The predicted molar refractivity (Wildman–Crippen MR) is 116 cm³/mol. The first-order valence-corrected chi connectivity index (χ1v) is 9.44. The van der Waals surface area contributed by atoms with Crippen molar-refractivity contribution in [1.82, 2.24) is 4.90 Å². The number of imide groups is 1. The first kappa shape index (κ1) is 23.6. The summed E-state index contributed by atoms with van der Waals surface area (Å²) in [5.41, 5.74) is 6.82. The molecule has 0 saturated heterocycles. The summed E-state index contributed by atoms with van der Waals surface area (Å²) in [5, 5.41) is 0. The van der Waals surface area contributed by atoms with Gasteiger partial charge in [0.05, 0.1) is 27.9 Å². The van der Waals surface area contributed by atoms with Gasteiger partial charge in [0.25, 0.3) is 5.91 Å². The minimum Gasteiger partial charge on any atom is -0.493 e. The number of amides is 2. The van der Waals surface area contributed by atoms with Gasteiger partial charge >= 0.3 is 0 Å². The summed E-state index contributed by atoms with van der Waals surface area (Å²) in [6.07, 6.45) is 4.59. The van der Waals surface area contributed by atoms with Gasteiger partial charge in [0.15, 0.2) is 11.5 Å². The number of methoxy groups -OCH3 is 3. The van der Waals surface area contributed by atoms with Crippen molar-refractivity contribution < 1.29 is 28.6 Å². The maximum Gasteiger partial charge on any atom is 0.253 e. The Bertz CT molecular complexity index is 917. The second-order valence-corrected chi connectivity index (χ2v) is 6.42. The zero-order valence-corrected chi connectivity index (χ0v) is 17.7. The lowest BCUT2D eigenvalue weighted by molar-refractivity contribution is -0.142. The van der Waals surface area contributed by atoms with Crippen molar-refractivity contribution in [3.8, 4) is 17.2 Å². The van der Waals surface area contributed by atoms with Crippen LogP contribution >= 0.6 is 0 Å². The minimum atomic E-state index is -1.10. The van der Waals surface area contributed by atoms with E-state index in [0.717, 1.165) is 10.5 Å². The molecule has 0 spiro atoms. The number of benzene rings is 2. The number of nitrogens with zero attached hydrogens (tertiary/aromatic N) is 1. The molecule has 0 aliphatic heterocycles. The van der Waals surface area contributed by atoms with Crippen LogP contribution in [0.5, 0.6) is 17.2 Å². The molecule has 0 unspecified atom stereocenters. The number of nitrogens with two attached hydrogens (primary N) is 1. The van der Waals surface area contributed by atoms with Gasteiger partial charge in [0.2, 0.25) is 17.9 Å². The lowest BCUT2D eigenvalue weighted by Crippen LogP contribution is -2.48. The fraction of sp³-hybridized carbons (Fsp3) is 0.261. The molecule has 0 aliphatic rings. The van der Waals surface area contributed by atoms with Crippen LogP contribution in [0.2, 0.25) is 0 Å². The molecular weight excluding hydrogens is 400 g/mol. The highest BCUT2D eigenvalue weighted by atomic mass is 16.5. The second kappa shape index (κ2) is 11.5. The molecule has 0 saturated carbocycles. The van der Waals surface area contributed by atoms with E-state index < -0.39 is 24.4 Å². The number of carbonyl (C=O) groups is 2. The van der Waals surface area contributed by atoms with E-state index in [1.54, 1.807) is 42.7 Å². The van der Waals surface area contributed by atoms with Crippen LogP contribution in [-0.4, -0.2) is 56.9 Å². The Balaban J connectivity index is 2.32. The van der Waals surface area contributed by atoms with Crippen LogP contribution in [0.1, 0.15) is 11.1 Å². The first-order valence-electron chi connectivity index (χ1n) is 9.44. The Hall–Kier alpha value is -3.65. The highest BCUT2D eigenvalue weighted by Gasteiger charge is 2.28. The van der Waals surface area contributed by atoms with Crippen LogP contribution in [0, 0.1) is 0 Å². The third kappa shape index (κ3) is 5.93. The summed E-state index contributed by atoms with van der Waals surface area (Å²) >= 11 is 0. The molecule has 2 rings (SSSR count). The van der Waals surface area contributed by atoms with E-state index in [9.17, 15) is 14.4 Å². The van der Waals surface area contributed by atoms with Crippen LogP contribution in [0.25, 0.3) is 6.08 Å². The zero-order chi connectivity index (χ0) is 22.8. The molecule has 2 amide bonds. The highest BCUT2D eigenvalue weighted by molar-refractivity contribution is 6.05. The van der Waals surface area contributed by atoms with Crippen LogP contribution < -0.4 is 19.9 Å². The number of ether oxygens (including phenoxy) is 3. The molecule has 1 atom stereocenters. The predicted octanol–water partition coefficient (Wildman–Crippen LogP) is 1.76. The van der Waals surface area contributed by atoms with Crippen molar-refractivity contribution in [2.75, 3.05) is 27.9 Å². The van der Waals surface area contributed by atoms with Gasteiger partial charge in [-0.25, -0.2) is 0 Å². The lowest BCUT2D eigenvalue weighted by atomic mass is 10.0. The average molecular weight is 425 g/mol. The van der Waals surface area contributed by atoms with Gasteiger partial charge in [0.1, 0.15) is 6.04 Å². The second-order valence-electron chi connectivity index (χ2n) is 6.42. The quantitative estimate of drug-likeness (QED) is 0.578. The van der Waals surface area contributed by atoms with Crippen LogP contribution in [0.3, 0.4) is 0 Å². The molecule has 0 heterocycles. The van der Waals surface area contributed by atoms with Crippen LogP contribution in [0.4, 0.5) is 0 Å². The van der Waals surface area contributed by atoms with Gasteiger partial charge in [0, 0.05) is 12.5 Å². The molecule has 31 heavy (non-hydrogen) atoms. The zero-order valence-electron chi connectivity index (χ0n) is 17.7. The van der Waals surface area contributed by atoms with Gasteiger partial charge in [-0.2, -0.15) is 0 Å². The largest absolute Gasteiger partial charge is 0.493 e. The normalized spacial score (nSPS) is 11.6. The number of hydrogen-bond donors (Lipinski definition) is 1. The molecule has 2 N–H and O–H groups in total. The van der Waals surface area contributed by atoms with Crippen molar-refractivity contribution in [2.24, 2.45) is 5.73 Å². The number of rotatable bonds is 10. The minimum absolute atomic E-state index is 0.139. The highest BCUT2D eigenvalue weighted by Crippen LogP contribution is 2.38. The fourth-order valence-electron chi connectivity index (χ4n) is 3.02. The summed E-state index contributed by atoms with van der Waals surface area (Å²) in [6.45, 7) is -0.420. The van der Waals surface area contributed by atoms with Gasteiger partial charge in [-0.15, -0.1) is 0 Å². The Morgan fingerprint density at radius 2 is 1.68 bits per heavy atom. The van der Waals surface area contributed by atoms with Crippen LogP contribution in [0.15, 0.2) is 48.5 Å². The van der Waals surface area contributed by atoms with Crippen molar-refractivity contribution in [1.29, 1.82) is 0 Å². The van der Waals surface area contributed by atoms with E-state index in [2.05, 4.69) is 0 Å². The molecule has 163 valence electrons. The van der Waals surface area contributed by atoms with Crippen molar-refractivity contribution in [3.05, 3.63) is 59.7 Å². The van der Waals surface area contributed by atoms with E-state index >= 15 is 0 Å². The summed E-state index contributed by atoms with van der Waals surface area (Å²) < 4.78 is 15.9. The lowest BCUT2D eigenvalue weighted by Gasteiger charge is -2.24. The molecule has 2 aromatic rings. The topological polar surface area (TPSA) is 108 Å². The van der Waals surface area contributed by atoms with E-state index in [-0.39, 0.29) is 6.42 Å². The van der Waals surface area contributed by atoms with Gasteiger partial charge < -0.3 is 19.9 Å². The molecule has 0 fully saturated rings. The third-order valence-electron chi connectivity index (χ3n) is 4.51. The van der Waals surface area contributed by atoms with Crippen molar-refractivity contribution >= 4 is 24.2 Å². The molecule has 2 aromatic carbocycles. The molecule has 0 bridgehead atoms. The Labute approximate surface area is 181 Å². The van der Waals surface area contributed by atoms with Gasteiger partial charge in [-0.3, -0.25) is 19.3 Å². The van der Waals surface area contributed by atoms with Crippen molar-refractivity contribution in [3.63, 3.8) is 0 Å². The molecule has 0 aliphatic carbocycles. The fourth-order valence-corrected chi connectivity index (χ4v) is 3.02. The first-order chi connectivity index (χ1) is 15.0. The van der Waals surface area contributed by atoms with Gasteiger partial charge in [-0.05, 0) is 29.3 Å². The summed E-state index contributed by atoms with van der Waals surface area (Å²) in [5.74, 6) is -0.136. The van der Waals surface area contributed by atoms with E-state index in [0.29, 0.717) is 22.8 Å². The standard InChI is InChI=1S/C23H25N2O6/c1-29-19-12-17(13-20(30-2)23(19)31-3)9-10-21(27)25(22(28)14-24)18(15-26)11-16-7-5-4-6-8-16/h4-10,12-13,18H,11,14,24H2,1-3H3/t18-/m0/s1. The third-order valence-corrected chi connectivity index (χ3v) is 4.51. The van der Waals surface area contributed by atoms with E-state index in [4.69, 9.17) is 19.9 Å². The smallest absolute Gasteiger partial charge is 0.253 e. The average Bonchev–Trinajstić information content (AvgIpc) is 2.81. The summed E-state index contributed by atoms with van der Waals surface area (Å²) in [4.78, 5) is 37.6. The summed E-state index contributed by atoms with van der Waals surface area (Å²) in [7, 11) is 4.44. The molecular formula is C23H25N2O6. The number of carbonyl (C=O) groups excluding carboxylic acids is 3. The Morgan fingerprint density at radius 3 is 2.16 bits per heavy atom. The molecule has 8 heteroatoms. The molecule has 8 nitrogen and oxygen atoms in total.